The van der Waals surface area contributed by atoms with Gasteiger partial charge in [0.1, 0.15) is 18.3 Å². The lowest BCUT2D eigenvalue weighted by Crippen LogP contribution is -2.42. The first-order valence-corrected chi connectivity index (χ1v) is 9.89. The van der Waals surface area contributed by atoms with Crippen LogP contribution in [0, 0.1) is 10.1 Å². The van der Waals surface area contributed by atoms with Crippen molar-refractivity contribution in [3.8, 4) is 0 Å². The normalized spacial score (nSPS) is 15.6. The topological polar surface area (TPSA) is 118 Å². The van der Waals surface area contributed by atoms with Gasteiger partial charge in [0.2, 0.25) is 5.91 Å². The Morgan fingerprint density at radius 3 is 2.65 bits per heavy atom. The molecule has 1 atom stereocenters. The summed E-state index contributed by atoms with van der Waals surface area (Å²) >= 11 is 0. The first-order chi connectivity index (χ1) is 14.9. The van der Waals surface area contributed by atoms with Crippen molar-refractivity contribution in [2.45, 2.75) is 25.8 Å². The summed E-state index contributed by atoms with van der Waals surface area (Å²) in [6.45, 7) is 2.22. The van der Waals surface area contributed by atoms with Gasteiger partial charge in [-0.3, -0.25) is 19.7 Å². The van der Waals surface area contributed by atoms with Crippen LogP contribution in [-0.2, 0) is 14.3 Å². The molecule has 31 heavy (non-hydrogen) atoms. The van der Waals surface area contributed by atoms with Crippen LogP contribution in [0.2, 0.25) is 0 Å². The van der Waals surface area contributed by atoms with Gasteiger partial charge in [0, 0.05) is 38.6 Å². The molecule has 0 fully saturated rings. The van der Waals surface area contributed by atoms with Gasteiger partial charge in [-0.25, -0.2) is 5.01 Å². The number of carbonyl (C=O) groups is 2. The maximum Gasteiger partial charge on any atom is 0.269 e. The molecular weight excluding hydrogens is 404 g/mol. The minimum Gasteiger partial charge on any atom is -0.467 e. The number of hydrogen-bond donors (Lipinski definition) is 0. The van der Waals surface area contributed by atoms with Gasteiger partial charge < -0.3 is 14.1 Å². The van der Waals surface area contributed by atoms with Gasteiger partial charge in [-0.1, -0.05) is 6.92 Å². The maximum absolute atomic E-state index is 13.1. The standard InChI is InChI=1S/C21H24N4O6/c1-3-20(26)23(10-12-30-2)14-21(27)24-18(19-5-4-11-31-19)13-17(22-24)15-6-8-16(9-7-15)25(28)29/h4-9,11,18H,3,10,12-14H2,1-2H3/t18-/m1/s1. The molecule has 10 nitrogen and oxygen atoms in total. The van der Waals surface area contributed by atoms with Crippen LogP contribution in [0.15, 0.2) is 52.2 Å². The fourth-order valence-corrected chi connectivity index (χ4v) is 3.35. The van der Waals surface area contributed by atoms with E-state index in [9.17, 15) is 19.7 Å². The first-order valence-electron chi connectivity index (χ1n) is 9.89. The van der Waals surface area contributed by atoms with Crippen LogP contribution in [0.5, 0.6) is 0 Å². The van der Waals surface area contributed by atoms with E-state index in [1.807, 2.05) is 0 Å². The molecule has 164 valence electrons. The predicted octanol–water partition coefficient (Wildman–Crippen LogP) is 2.75. The maximum atomic E-state index is 13.1. The second-order valence-electron chi connectivity index (χ2n) is 6.99. The third-order valence-electron chi connectivity index (χ3n) is 5.00. The lowest BCUT2D eigenvalue weighted by Gasteiger charge is -2.25. The van der Waals surface area contributed by atoms with E-state index in [2.05, 4.69) is 5.10 Å². The molecule has 0 spiro atoms. The van der Waals surface area contributed by atoms with Crippen LogP contribution in [-0.4, -0.2) is 59.2 Å². The summed E-state index contributed by atoms with van der Waals surface area (Å²) in [4.78, 5) is 37.2. The van der Waals surface area contributed by atoms with E-state index in [0.717, 1.165) is 0 Å². The van der Waals surface area contributed by atoms with Crippen molar-refractivity contribution in [3.05, 3.63) is 64.1 Å². The lowest BCUT2D eigenvalue weighted by atomic mass is 10.0. The van der Waals surface area contributed by atoms with Crippen molar-refractivity contribution in [2.24, 2.45) is 5.10 Å². The number of benzene rings is 1. The van der Waals surface area contributed by atoms with E-state index in [4.69, 9.17) is 9.15 Å². The number of amides is 2. The van der Waals surface area contributed by atoms with Crippen molar-refractivity contribution in [3.63, 3.8) is 0 Å². The molecule has 1 aliphatic heterocycles. The number of hydrogen-bond acceptors (Lipinski definition) is 7. The fraction of sp³-hybridized carbons (Fsp3) is 0.381. The number of methoxy groups -OCH3 is 1. The number of furan rings is 1. The lowest BCUT2D eigenvalue weighted by molar-refractivity contribution is -0.384. The molecule has 10 heteroatoms. The number of nitro benzene ring substituents is 1. The Hall–Kier alpha value is -3.53. The van der Waals surface area contributed by atoms with Gasteiger partial charge in [0.05, 0.1) is 23.5 Å². The van der Waals surface area contributed by atoms with Gasteiger partial charge in [-0.05, 0) is 29.8 Å². The number of non-ortho nitro benzene ring substituents is 1. The zero-order valence-corrected chi connectivity index (χ0v) is 17.4. The third-order valence-corrected chi connectivity index (χ3v) is 5.00. The zero-order valence-electron chi connectivity index (χ0n) is 17.4. The van der Waals surface area contributed by atoms with Crippen molar-refractivity contribution in [1.82, 2.24) is 9.91 Å². The second kappa shape index (κ2) is 9.98. The Morgan fingerprint density at radius 1 is 1.32 bits per heavy atom. The number of rotatable bonds is 9. The Morgan fingerprint density at radius 2 is 2.06 bits per heavy atom. The molecule has 0 N–H and O–H groups in total. The Balaban J connectivity index is 1.85. The van der Waals surface area contributed by atoms with Gasteiger partial charge in [-0.15, -0.1) is 0 Å². The van der Waals surface area contributed by atoms with Crippen molar-refractivity contribution < 1.29 is 23.7 Å². The summed E-state index contributed by atoms with van der Waals surface area (Å²) in [5.41, 5.74) is 1.26. The molecule has 0 bridgehead atoms. The van der Waals surface area contributed by atoms with E-state index in [1.165, 1.54) is 35.4 Å². The van der Waals surface area contributed by atoms with Gasteiger partial charge in [0.25, 0.3) is 11.6 Å². The average molecular weight is 428 g/mol. The smallest absolute Gasteiger partial charge is 0.269 e. The molecule has 2 amide bonds. The molecule has 1 aliphatic rings. The van der Waals surface area contributed by atoms with Crippen LogP contribution in [0.1, 0.15) is 37.1 Å². The number of hydrazone groups is 1. The molecule has 0 unspecified atom stereocenters. The third kappa shape index (κ3) is 5.15. The van der Waals surface area contributed by atoms with Gasteiger partial charge >= 0.3 is 0 Å². The molecule has 3 rings (SSSR count). The molecule has 0 aliphatic carbocycles. The number of nitrogens with zero attached hydrogens (tertiary/aromatic N) is 4. The highest BCUT2D eigenvalue weighted by atomic mass is 16.6. The highest BCUT2D eigenvalue weighted by Crippen LogP contribution is 2.33. The molecular formula is C21H24N4O6. The molecule has 1 aromatic heterocycles. The Bertz CT molecular complexity index is 955. The van der Waals surface area contributed by atoms with E-state index >= 15 is 0 Å². The predicted molar refractivity (Wildman–Crippen MR) is 111 cm³/mol. The van der Waals surface area contributed by atoms with Crippen LogP contribution in [0.3, 0.4) is 0 Å². The summed E-state index contributed by atoms with van der Waals surface area (Å²) in [7, 11) is 1.53. The van der Waals surface area contributed by atoms with Crippen LogP contribution in [0.25, 0.3) is 0 Å². The van der Waals surface area contributed by atoms with Crippen molar-refractivity contribution in [1.29, 1.82) is 0 Å². The highest BCUT2D eigenvalue weighted by molar-refractivity contribution is 6.03. The second-order valence-corrected chi connectivity index (χ2v) is 6.99. The zero-order chi connectivity index (χ0) is 22.4. The van der Waals surface area contributed by atoms with Crippen molar-refractivity contribution >= 4 is 23.2 Å². The van der Waals surface area contributed by atoms with Crippen LogP contribution < -0.4 is 0 Å². The SMILES string of the molecule is CCC(=O)N(CCOC)CC(=O)N1N=C(c2ccc([N+](=O)[O-])cc2)C[C@@H]1c1ccco1. The molecule has 2 aromatic rings. The summed E-state index contributed by atoms with van der Waals surface area (Å²) in [6, 6.07) is 9.04. The number of carbonyl (C=O) groups excluding carboxylic acids is 2. The molecule has 0 saturated carbocycles. The summed E-state index contributed by atoms with van der Waals surface area (Å²) in [5.74, 6) is 0.0641. The fourth-order valence-electron chi connectivity index (χ4n) is 3.35. The molecule has 2 heterocycles. The highest BCUT2D eigenvalue weighted by Gasteiger charge is 2.35. The van der Waals surface area contributed by atoms with Gasteiger partial charge in [-0.2, -0.15) is 5.10 Å². The largest absolute Gasteiger partial charge is 0.467 e. The van der Waals surface area contributed by atoms with Crippen LogP contribution >= 0.6 is 0 Å². The minimum absolute atomic E-state index is 0.0234. The monoisotopic (exact) mass is 428 g/mol. The number of nitro groups is 1. The molecule has 1 aromatic carbocycles. The minimum atomic E-state index is -0.471. The molecule has 0 saturated heterocycles. The summed E-state index contributed by atoms with van der Waals surface area (Å²) in [5, 5.41) is 16.7. The van der Waals surface area contributed by atoms with E-state index in [1.54, 1.807) is 31.2 Å². The summed E-state index contributed by atoms with van der Waals surface area (Å²) in [6.07, 6.45) is 2.18. The van der Waals surface area contributed by atoms with Crippen molar-refractivity contribution in [2.75, 3.05) is 26.8 Å². The van der Waals surface area contributed by atoms with Crippen LogP contribution in [0.4, 0.5) is 5.69 Å². The first kappa shape index (κ1) is 22.2. The Kier molecular flexibility index (Phi) is 7.14. The summed E-state index contributed by atoms with van der Waals surface area (Å²) < 4.78 is 10.6. The Labute approximate surface area is 179 Å². The van der Waals surface area contributed by atoms with Gasteiger partial charge in [0.15, 0.2) is 0 Å². The molecule has 0 radical (unpaired) electrons. The average Bonchev–Trinajstić information content (AvgIpc) is 3.46. The quantitative estimate of drug-likeness (QED) is 0.448. The van der Waals surface area contributed by atoms with E-state index in [0.29, 0.717) is 36.6 Å². The number of ether oxygens (including phenoxy) is 1. The van der Waals surface area contributed by atoms with E-state index in [-0.39, 0.29) is 30.5 Å². The van der Waals surface area contributed by atoms with E-state index < -0.39 is 11.0 Å².